The Morgan fingerprint density at radius 1 is 1.50 bits per heavy atom. The average Bonchev–Trinajstić information content (AvgIpc) is 3.24. The molecule has 2 aromatic rings. The average molecular weight is 344 g/mol. The maximum atomic E-state index is 12.5. The van der Waals surface area contributed by atoms with Crippen LogP contribution in [0.2, 0.25) is 0 Å². The lowest BCUT2D eigenvalue weighted by molar-refractivity contribution is 0.206. The molecule has 126 valence electrons. The van der Waals surface area contributed by atoms with Crippen molar-refractivity contribution in [2.75, 3.05) is 18.4 Å². The lowest BCUT2D eigenvalue weighted by atomic mass is 9.84. The van der Waals surface area contributed by atoms with Crippen molar-refractivity contribution in [1.29, 1.82) is 0 Å². The number of amides is 2. The number of carbonyl (C=O) groups is 1. The van der Waals surface area contributed by atoms with E-state index in [9.17, 15) is 4.79 Å². The molecule has 0 bridgehead atoms. The van der Waals surface area contributed by atoms with Gasteiger partial charge in [0.2, 0.25) is 0 Å². The van der Waals surface area contributed by atoms with Gasteiger partial charge in [0.05, 0.1) is 12.2 Å². The van der Waals surface area contributed by atoms with Gasteiger partial charge in [-0.2, -0.15) is 5.10 Å². The number of aromatic nitrogens is 3. The number of nitrogens with zero attached hydrogens (tertiary/aromatic N) is 4. The number of carbonyl (C=O) groups excluding carboxylic acids is 1. The summed E-state index contributed by atoms with van der Waals surface area (Å²) in [5.74, 6) is 0.853. The molecule has 0 aliphatic carbocycles. The van der Waals surface area contributed by atoms with Crippen molar-refractivity contribution in [2.24, 2.45) is 10.9 Å². The van der Waals surface area contributed by atoms with Crippen molar-refractivity contribution in [1.82, 2.24) is 20.1 Å². The van der Waals surface area contributed by atoms with Gasteiger partial charge in [-0.1, -0.05) is 6.92 Å². The topological polar surface area (TPSA) is 86.3 Å². The Morgan fingerprint density at radius 3 is 3.21 bits per heavy atom. The van der Waals surface area contributed by atoms with Gasteiger partial charge in [-0.05, 0) is 18.6 Å². The molecular formula is C16H20N6OS. The molecule has 2 atom stereocenters. The fourth-order valence-corrected chi connectivity index (χ4v) is 3.94. The first kappa shape index (κ1) is 15.3. The number of aliphatic imine (C=N–C) groups is 1. The second-order valence-electron chi connectivity index (χ2n) is 6.37. The van der Waals surface area contributed by atoms with E-state index in [1.165, 1.54) is 16.9 Å². The number of H-pyrrole nitrogens is 1. The van der Waals surface area contributed by atoms with Crippen molar-refractivity contribution in [2.45, 2.75) is 32.2 Å². The van der Waals surface area contributed by atoms with Crippen LogP contribution in [0, 0.1) is 5.92 Å². The monoisotopic (exact) mass is 344 g/mol. The predicted octanol–water partition coefficient (Wildman–Crippen LogP) is 2.65. The number of thiazole rings is 1. The molecule has 2 aliphatic rings. The number of rotatable bonds is 2. The molecule has 7 nitrogen and oxygen atoms in total. The first-order chi connectivity index (χ1) is 11.7. The van der Waals surface area contributed by atoms with Gasteiger partial charge in [0.15, 0.2) is 5.13 Å². The highest BCUT2D eigenvalue weighted by molar-refractivity contribution is 7.13. The molecule has 24 heavy (non-hydrogen) atoms. The van der Waals surface area contributed by atoms with E-state index in [1.807, 2.05) is 16.5 Å². The van der Waals surface area contributed by atoms with Gasteiger partial charge in [0.1, 0.15) is 0 Å². The molecule has 0 saturated heterocycles. The van der Waals surface area contributed by atoms with Gasteiger partial charge < -0.3 is 4.90 Å². The molecule has 8 heteroatoms. The summed E-state index contributed by atoms with van der Waals surface area (Å²) < 4.78 is 0. The van der Waals surface area contributed by atoms with E-state index in [0.29, 0.717) is 30.1 Å². The Hall–Kier alpha value is -2.22. The maximum absolute atomic E-state index is 12.5. The quantitative estimate of drug-likeness (QED) is 0.878. The molecule has 2 amide bonds. The summed E-state index contributed by atoms with van der Waals surface area (Å²) in [7, 11) is 0. The summed E-state index contributed by atoms with van der Waals surface area (Å²) in [5, 5.41) is 13.1. The molecule has 0 aromatic carbocycles. The van der Waals surface area contributed by atoms with Gasteiger partial charge >= 0.3 is 6.03 Å². The second kappa shape index (κ2) is 6.35. The van der Waals surface area contributed by atoms with E-state index in [-0.39, 0.29) is 6.03 Å². The van der Waals surface area contributed by atoms with E-state index in [0.717, 1.165) is 30.8 Å². The highest BCUT2D eigenvalue weighted by Crippen LogP contribution is 2.34. The fraction of sp³-hybridized carbons (Fsp3) is 0.500. The van der Waals surface area contributed by atoms with Crippen molar-refractivity contribution in [3.8, 4) is 0 Å². The summed E-state index contributed by atoms with van der Waals surface area (Å²) in [6.45, 7) is 4.35. The van der Waals surface area contributed by atoms with E-state index < -0.39 is 0 Å². The molecule has 4 rings (SSSR count). The van der Waals surface area contributed by atoms with E-state index >= 15 is 0 Å². The molecular weight excluding hydrogens is 324 g/mol. The first-order valence-corrected chi connectivity index (χ1v) is 9.10. The molecule has 0 spiro atoms. The standard InChI is InChI=1S/C16H20N6OS/c1-10-8-17-4-2-11(10)14-12-9-22(6-3-13(12)20-21-14)16(23)19-15-18-5-7-24-15/h4-5,7,10-11H,2-3,6,8-9H2,1H3,(H,20,21)(H,18,19,23). The zero-order valence-electron chi connectivity index (χ0n) is 13.5. The van der Waals surface area contributed by atoms with Crippen LogP contribution in [-0.4, -0.2) is 45.4 Å². The summed E-state index contributed by atoms with van der Waals surface area (Å²) in [6.07, 6.45) is 5.42. The second-order valence-corrected chi connectivity index (χ2v) is 7.27. The van der Waals surface area contributed by atoms with Crippen molar-refractivity contribution in [3.05, 3.63) is 28.5 Å². The van der Waals surface area contributed by atoms with Gasteiger partial charge in [-0.15, -0.1) is 11.3 Å². The molecule has 2 aromatic heterocycles. The predicted molar refractivity (Wildman–Crippen MR) is 93.7 cm³/mol. The van der Waals surface area contributed by atoms with Gasteiger partial charge in [0.25, 0.3) is 0 Å². The number of nitrogens with one attached hydrogen (secondary N) is 2. The van der Waals surface area contributed by atoms with Crippen LogP contribution in [0.25, 0.3) is 0 Å². The SMILES string of the molecule is CC1CN=CCC1c1n[nH]c2c1CN(C(=O)Nc1nccs1)CC2. The Kier molecular flexibility index (Phi) is 4.05. The molecule has 0 fully saturated rings. The number of urea groups is 1. The maximum Gasteiger partial charge on any atom is 0.323 e. The van der Waals surface area contributed by atoms with Crippen LogP contribution in [0.3, 0.4) is 0 Å². The Balaban J connectivity index is 1.52. The van der Waals surface area contributed by atoms with Crippen LogP contribution in [0.5, 0.6) is 0 Å². The Morgan fingerprint density at radius 2 is 2.42 bits per heavy atom. The molecule has 0 saturated carbocycles. The molecule has 4 heterocycles. The van der Waals surface area contributed by atoms with Gasteiger partial charge in [-0.3, -0.25) is 15.4 Å². The largest absolute Gasteiger partial charge is 0.323 e. The lowest BCUT2D eigenvalue weighted by Gasteiger charge is -2.29. The molecule has 2 aliphatic heterocycles. The third-order valence-corrected chi connectivity index (χ3v) is 5.51. The summed E-state index contributed by atoms with van der Waals surface area (Å²) in [5.41, 5.74) is 3.45. The van der Waals surface area contributed by atoms with E-state index in [1.54, 1.807) is 6.20 Å². The minimum Gasteiger partial charge on any atom is -0.320 e. The number of anilines is 1. The highest BCUT2D eigenvalue weighted by atomic mass is 32.1. The van der Waals surface area contributed by atoms with Crippen molar-refractivity contribution >= 4 is 28.7 Å². The van der Waals surface area contributed by atoms with Crippen molar-refractivity contribution in [3.63, 3.8) is 0 Å². The number of fused-ring (bicyclic) bond motifs is 1. The van der Waals surface area contributed by atoms with Crippen molar-refractivity contribution < 1.29 is 4.79 Å². The zero-order valence-corrected chi connectivity index (χ0v) is 14.3. The Labute approximate surface area is 144 Å². The lowest BCUT2D eigenvalue weighted by Crippen LogP contribution is -2.39. The van der Waals surface area contributed by atoms with Crippen LogP contribution in [0.4, 0.5) is 9.93 Å². The third-order valence-electron chi connectivity index (χ3n) is 4.82. The van der Waals surface area contributed by atoms with Crippen LogP contribution >= 0.6 is 11.3 Å². The summed E-state index contributed by atoms with van der Waals surface area (Å²) in [4.78, 5) is 22.8. The smallest absolute Gasteiger partial charge is 0.320 e. The number of hydrogen-bond acceptors (Lipinski definition) is 5. The van der Waals surface area contributed by atoms with Gasteiger partial charge in [0, 0.05) is 48.3 Å². The molecule has 0 radical (unpaired) electrons. The summed E-state index contributed by atoms with van der Waals surface area (Å²) >= 11 is 1.43. The number of aromatic amines is 1. The Bertz CT molecular complexity index is 753. The van der Waals surface area contributed by atoms with Crippen LogP contribution < -0.4 is 5.32 Å². The fourth-order valence-electron chi connectivity index (χ4n) is 3.42. The molecule has 2 N–H and O–H groups in total. The summed E-state index contributed by atoms with van der Waals surface area (Å²) in [6, 6.07) is -0.0963. The first-order valence-electron chi connectivity index (χ1n) is 8.22. The highest BCUT2D eigenvalue weighted by Gasteiger charge is 2.31. The number of hydrogen-bond donors (Lipinski definition) is 2. The van der Waals surface area contributed by atoms with E-state index in [4.69, 9.17) is 0 Å². The van der Waals surface area contributed by atoms with Crippen LogP contribution in [0.15, 0.2) is 16.6 Å². The van der Waals surface area contributed by atoms with Gasteiger partial charge in [-0.25, -0.2) is 9.78 Å². The van der Waals surface area contributed by atoms with Crippen LogP contribution in [0.1, 0.15) is 36.2 Å². The van der Waals surface area contributed by atoms with E-state index in [2.05, 4.69) is 32.4 Å². The zero-order chi connectivity index (χ0) is 16.5. The third kappa shape index (κ3) is 2.82. The minimum atomic E-state index is -0.0963. The normalized spacial score (nSPS) is 23.1. The minimum absolute atomic E-state index is 0.0963. The van der Waals surface area contributed by atoms with Crippen LogP contribution in [-0.2, 0) is 13.0 Å². The molecule has 2 unspecified atom stereocenters.